The van der Waals surface area contributed by atoms with Crippen molar-refractivity contribution in [2.45, 2.75) is 37.4 Å². The standard InChI is InChI=1S/C19H20ClN3O2S/c1-19(4-5-19)17(24)22-10-13-8-12-7-11(9-14(20)16(12)25-13)15-3-6-21-18(23-15)26-2/h3,6-7,9,13H,4-5,8,10H2,1-2H3,(H,22,24). The second-order valence-electron chi connectivity index (χ2n) is 7.09. The van der Waals surface area contributed by atoms with E-state index in [1.807, 2.05) is 25.3 Å². The molecule has 1 aliphatic carbocycles. The van der Waals surface area contributed by atoms with E-state index in [0.717, 1.165) is 41.2 Å². The molecule has 0 spiro atoms. The van der Waals surface area contributed by atoms with Crippen molar-refractivity contribution in [2.24, 2.45) is 5.41 Å². The average Bonchev–Trinajstić information content (AvgIpc) is 3.26. The highest BCUT2D eigenvalue weighted by molar-refractivity contribution is 7.98. The summed E-state index contributed by atoms with van der Waals surface area (Å²) in [7, 11) is 0. The average molecular weight is 390 g/mol. The first-order valence-electron chi connectivity index (χ1n) is 8.63. The highest BCUT2D eigenvalue weighted by atomic mass is 35.5. The van der Waals surface area contributed by atoms with Crippen LogP contribution in [0.25, 0.3) is 11.3 Å². The number of nitrogens with one attached hydrogen (secondary N) is 1. The third-order valence-corrected chi connectivity index (χ3v) is 5.85. The smallest absolute Gasteiger partial charge is 0.226 e. The topological polar surface area (TPSA) is 64.1 Å². The molecule has 7 heteroatoms. The number of benzene rings is 1. The van der Waals surface area contributed by atoms with Crippen LogP contribution in [-0.4, -0.2) is 34.8 Å². The Kier molecular flexibility index (Phi) is 4.57. The Morgan fingerprint density at radius 2 is 2.27 bits per heavy atom. The first kappa shape index (κ1) is 17.6. The maximum absolute atomic E-state index is 12.1. The quantitative estimate of drug-likeness (QED) is 0.623. The monoisotopic (exact) mass is 389 g/mol. The molecule has 5 nitrogen and oxygen atoms in total. The fraction of sp³-hybridized carbons (Fsp3) is 0.421. The number of rotatable bonds is 5. The molecule has 136 valence electrons. The molecule has 2 aliphatic rings. The molecular weight excluding hydrogens is 370 g/mol. The SMILES string of the molecule is CSc1nccc(-c2cc(Cl)c3c(c2)CC(CNC(=O)C2(C)CC2)O3)n1. The summed E-state index contributed by atoms with van der Waals surface area (Å²) in [6, 6.07) is 5.82. The zero-order chi connectivity index (χ0) is 18.3. The molecule has 1 fully saturated rings. The van der Waals surface area contributed by atoms with Crippen molar-refractivity contribution in [1.29, 1.82) is 0 Å². The number of fused-ring (bicyclic) bond motifs is 1. The Hall–Kier alpha value is -1.79. The number of amides is 1. The van der Waals surface area contributed by atoms with Crippen molar-refractivity contribution in [2.75, 3.05) is 12.8 Å². The Morgan fingerprint density at radius 3 is 3.00 bits per heavy atom. The van der Waals surface area contributed by atoms with Gasteiger partial charge >= 0.3 is 0 Å². The van der Waals surface area contributed by atoms with Crippen LogP contribution in [0.5, 0.6) is 5.75 Å². The van der Waals surface area contributed by atoms with Gasteiger partial charge in [-0.05, 0) is 37.3 Å². The van der Waals surface area contributed by atoms with Crippen LogP contribution in [-0.2, 0) is 11.2 Å². The summed E-state index contributed by atoms with van der Waals surface area (Å²) in [6.45, 7) is 2.50. The minimum absolute atomic E-state index is 0.0868. The predicted octanol–water partition coefficient (Wildman–Crippen LogP) is 3.74. The molecule has 0 radical (unpaired) electrons. The summed E-state index contributed by atoms with van der Waals surface area (Å²) in [6.07, 6.45) is 6.27. The number of halogens is 1. The van der Waals surface area contributed by atoms with Crippen LogP contribution < -0.4 is 10.1 Å². The van der Waals surface area contributed by atoms with Gasteiger partial charge in [-0.2, -0.15) is 0 Å². The van der Waals surface area contributed by atoms with E-state index in [2.05, 4.69) is 21.4 Å². The number of hydrogen-bond acceptors (Lipinski definition) is 5. The maximum atomic E-state index is 12.1. The van der Waals surface area contributed by atoms with Crippen LogP contribution in [0.15, 0.2) is 29.6 Å². The van der Waals surface area contributed by atoms with Crippen molar-refractivity contribution in [3.8, 4) is 17.0 Å². The van der Waals surface area contributed by atoms with E-state index in [1.54, 1.807) is 6.20 Å². The van der Waals surface area contributed by atoms with E-state index in [0.29, 0.717) is 17.3 Å². The zero-order valence-electron chi connectivity index (χ0n) is 14.7. The number of carbonyl (C=O) groups is 1. The number of ether oxygens (including phenoxy) is 1. The lowest BCUT2D eigenvalue weighted by Crippen LogP contribution is -2.38. The van der Waals surface area contributed by atoms with Crippen molar-refractivity contribution in [1.82, 2.24) is 15.3 Å². The molecule has 26 heavy (non-hydrogen) atoms. The lowest BCUT2D eigenvalue weighted by atomic mass is 10.0. The Labute approximate surface area is 161 Å². The summed E-state index contributed by atoms with van der Waals surface area (Å²) in [4.78, 5) is 20.9. The van der Waals surface area contributed by atoms with Crippen molar-refractivity contribution < 1.29 is 9.53 Å². The minimum atomic E-state index is -0.168. The zero-order valence-corrected chi connectivity index (χ0v) is 16.3. The highest BCUT2D eigenvalue weighted by Crippen LogP contribution is 2.45. The van der Waals surface area contributed by atoms with Gasteiger partial charge in [-0.3, -0.25) is 4.79 Å². The molecule has 1 amide bonds. The van der Waals surface area contributed by atoms with E-state index in [1.165, 1.54) is 11.8 Å². The minimum Gasteiger partial charge on any atom is -0.486 e. The fourth-order valence-corrected chi connectivity index (χ4v) is 3.72. The first-order valence-corrected chi connectivity index (χ1v) is 10.2. The van der Waals surface area contributed by atoms with Gasteiger partial charge in [0, 0.05) is 29.2 Å². The molecule has 2 heterocycles. The van der Waals surface area contributed by atoms with Gasteiger partial charge in [-0.1, -0.05) is 30.3 Å². The van der Waals surface area contributed by atoms with Crippen molar-refractivity contribution >= 4 is 29.3 Å². The van der Waals surface area contributed by atoms with Gasteiger partial charge < -0.3 is 10.1 Å². The third kappa shape index (κ3) is 3.40. The Bertz CT molecular complexity index is 870. The van der Waals surface area contributed by atoms with Gasteiger partial charge in [-0.15, -0.1) is 0 Å². The highest BCUT2D eigenvalue weighted by Gasteiger charge is 2.45. The van der Waals surface area contributed by atoms with E-state index in [9.17, 15) is 4.79 Å². The molecule has 1 N–H and O–H groups in total. The van der Waals surface area contributed by atoms with Crippen LogP contribution in [0.4, 0.5) is 0 Å². The van der Waals surface area contributed by atoms with Crippen molar-refractivity contribution in [3.63, 3.8) is 0 Å². The third-order valence-electron chi connectivity index (χ3n) is 5.00. The number of aromatic nitrogens is 2. The van der Waals surface area contributed by atoms with E-state index < -0.39 is 0 Å². The molecule has 0 saturated heterocycles. The number of hydrogen-bond donors (Lipinski definition) is 1. The molecule has 0 bridgehead atoms. The maximum Gasteiger partial charge on any atom is 0.226 e. The van der Waals surface area contributed by atoms with Crippen LogP contribution in [0.2, 0.25) is 5.02 Å². The molecular formula is C19H20ClN3O2S. The second kappa shape index (κ2) is 6.74. The van der Waals surface area contributed by atoms with Crippen molar-refractivity contribution in [3.05, 3.63) is 35.0 Å². The summed E-state index contributed by atoms with van der Waals surface area (Å²) in [5.74, 6) is 0.834. The molecule has 4 rings (SSSR count). The molecule has 1 aromatic heterocycles. The lowest BCUT2D eigenvalue weighted by Gasteiger charge is -2.14. The summed E-state index contributed by atoms with van der Waals surface area (Å²) in [5.41, 5.74) is 2.67. The predicted molar refractivity (Wildman–Crippen MR) is 103 cm³/mol. The first-order chi connectivity index (χ1) is 12.5. The van der Waals surface area contributed by atoms with Gasteiger partial charge in [0.2, 0.25) is 5.91 Å². The lowest BCUT2D eigenvalue weighted by molar-refractivity contribution is -0.126. The van der Waals surface area contributed by atoms with Gasteiger partial charge in [0.25, 0.3) is 0 Å². The van der Waals surface area contributed by atoms with Gasteiger partial charge in [0.15, 0.2) is 5.16 Å². The number of thioether (sulfide) groups is 1. The molecule has 1 atom stereocenters. The van der Waals surface area contributed by atoms with Gasteiger partial charge in [-0.25, -0.2) is 9.97 Å². The summed E-state index contributed by atoms with van der Waals surface area (Å²) >= 11 is 7.95. The number of nitrogens with zero attached hydrogens (tertiary/aromatic N) is 2. The van der Waals surface area contributed by atoms with Crippen LogP contribution in [0, 0.1) is 5.41 Å². The normalized spacial score (nSPS) is 19.6. The van der Waals surface area contributed by atoms with E-state index >= 15 is 0 Å². The van der Waals surface area contributed by atoms with Gasteiger partial charge in [0.1, 0.15) is 11.9 Å². The Balaban J connectivity index is 1.49. The van der Waals surface area contributed by atoms with E-state index in [4.69, 9.17) is 16.3 Å². The van der Waals surface area contributed by atoms with Gasteiger partial charge in [0.05, 0.1) is 17.3 Å². The van der Waals surface area contributed by atoms with Crippen LogP contribution >= 0.6 is 23.4 Å². The molecule has 1 aliphatic heterocycles. The molecule has 1 unspecified atom stereocenters. The second-order valence-corrected chi connectivity index (χ2v) is 8.27. The summed E-state index contributed by atoms with van der Waals surface area (Å²) < 4.78 is 5.97. The molecule has 1 aromatic carbocycles. The summed E-state index contributed by atoms with van der Waals surface area (Å²) in [5, 5.41) is 4.31. The fourth-order valence-electron chi connectivity index (χ4n) is 3.08. The Morgan fingerprint density at radius 1 is 1.46 bits per heavy atom. The van der Waals surface area contributed by atoms with Crippen LogP contribution in [0.3, 0.4) is 0 Å². The van der Waals surface area contributed by atoms with Crippen LogP contribution in [0.1, 0.15) is 25.3 Å². The number of carbonyl (C=O) groups excluding carboxylic acids is 1. The largest absolute Gasteiger partial charge is 0.486 e. The molecule has 2 aromatic rings. The molecule has 1 saturated carbocycles. The van der Waals surface area contributed by atoms with E-state index in [-0.39, 0.29) is 17.4 Å².